The van der Waals surface area contributed by atoms with Crippen LogP contribution < -0.4 is 5.32 Å². The highest BCUT2D eigenvalue weighted by Crippen LogP contribution is 2.18. The van der Waals surface area contributed by atoms with Gasteiger partial charge in [0.05, 0.1) is 5.69 Å². The lowest BCUT2D eigenvalue weighted by molar-refractivity contribution is 0.242. The van der Waals surface area contributed by atoms with Gasteiger partial charge in [-0.25, -0.2) is 9.78 Å². The Morgan fingerprint density at radius 3 is 2.71 bits per heavy atom. The lowest BCUT2D eigenvalue weighted by Crippen LogP contribution is -2.29. The zero-order chi connectivity index (χ0) is 16.8. The monoisotopic (exact) mass is 317 g/mol. The fourth-order valence-electron chi connectivity index (χ4n) is 2.24. The topological polar surface area (TPSA) is 64.2 Å². The van der Waals surface area contributed by atoms with Crippen molar-refractivity contribution in [1.29, 1.82) is 0 Å². The van der Waals surface area contributed by atoms with Crippen LogP contribution in [0.2, 0.25) is 0 Å². The Labute approximate surface area is 139 Å². The molecule has 6 nitrogen and oxygen atoms in total. The van der Waals surface area contributed by atoms with Crippen LogP contribution in [0.5, 0.6) is 0 Å². The second-order valence-corrected chi connectivity index (χ2v) is 5.15. The molecule has 0 saturated heterocycles. The number of pyridine rings is 1. The van der Waals surface area contributed by atoms with E-state index in [1.165, 1.54) is 16.5 Å². The summed E-state index contributed by atoms with van der Waals surface area (Å²) in [6, 6.07) is 13.1. The number of hydrogen-bond acceptors (Lipinski definition) is 3. The molecule has 0 atom stereocenters. The molecule has 0 aliphatic heterocycles. The Hall–Kier alpha value is -3.46. The molecule has 2 aromatic heterocycles. The zero-order valence-electron chi connectivity index (χ0n) is 12.9. The Balaban J connectivity index is 1.60. The number of nitrogens with one attached hydrogen (secondary N) is 1. The van der Waals surface area contributed by atoms with E-state index in [1.807, 2.05) is 30.3 Å². The summed E-state index contributed by atoms with van der Waals surface area (Å²) in [6.07, 6.45) is 5.46. The minimum Gasteiger partial charge on any atom is -0.361 e. The third-order valence-corrected chi connectivity index (χ3v) is 3.51. The van der Waals surface area contributed by atoms with E-state index in [1.54, 1.807) is 24.5 Å². The van der Waals surface area contributed by atoms with E-state index >= 15 is 0 Å². The number of amides is 1. The number of carbonyl (C=O) groups is 1. The Bertz CT molecular complexity index is 862. The van der Waals surface area contributed by atoms with E-state index < -0.39 is 0 Å². The minimum atomic E-state index is -0.226. The number of benzene rings is 1. The van der Waals surface area contributed by atoms with Gasteiger partial charge in [0.15, 0.2) is 0 Å². The quantitative estimate of drug-likeness (QED) is 0.751. The van der Waals surface area contributed by atoms with Crippen LogP contribution in [0.15, 0.2) is 61.2 Å². The van der Waals surface area contributed by atoms with Crippen molar-refractivity contribution in [2.45, 2.75) is 6.42 Å². The molecular formula is C18H15N5O. The molecule has 118 valence electrons. The Kier molecular flexibility index (Phi) is 4.63. The molecule has 1 N–H and O–H groups in total. The van der Waals surface area contributed by atoms with Gasteiger partial charge in [-0.05, 0) is 18.1 Å². The zero-order valence-corrected chi connectivity index (χ0v) is 12.9. The van der Waals surface area contributed by atoms with Crippen LogP contribution in [0.4, 0.5) is 10.6 Å². The molecule has 0 saturated carbocycles. The van der Waals surface area contributed by atoms with Gasteiger partial charge in [-0.3, -0.25) is 4.57 Å². The van der Waals surface area contributed by atoms with Gasteiger partial charge in [-0.15, -0.1) is 4.98 Å². The number of rotatable bonds is 4. The van der Waals surface area contributed by atoms with Gasteiger partial charge in [0.1, 0.15) is 12.5 Å². The van der Waals surface area contributed by atoms with Crippen molar-refractivity contribution in [3.63, 3.8) is 0 Å². The van der Waals surface area contributed by atoms with Crippen LogP contribution >= 0.6 is 0 Å². The van der Waals surface area contributed by atoms with E-state index in [2.05, 4.69) is 20.1 Å². The Morgan fingerprint density at radius 1 is 1.17 bits per heavy atom. The first-order valence-corrected chi connectivity index (χ1v) is 7.46. The molecule has 1 amide bonds. The third kappa shape index (κ3) is 3.65. The van der Waals surface area contributed by atoms with Gasteiger partial charge in [0.25, 0.3) is 5.82 Å². The lowest BCUT2D eigenvalue weighted by atomic mass is 10.1. The number of hydrogen-bond donors (Lipinski definition) is 1. The van der Waals surface area contributed by atoms with Crippen molar-refractivity contribution in [2.75, 3.05) is 6.54 Å². The molecule has 1 aromatic carbocycles. The highest BCUT2D eigenvalue weighted by Gasteiger charge is 2.09. The summed E-state index contributed by atoms with van der Waals surface area (Å²) in [5.74, 6) is 0.330. The summed E-state index contributed by atoms with van der Waals surface area (Å²) in [5.41, 5.74) is 2.57. The SMILES string of the molecule is [C-]#[N+]c1ccc(-c2cn(C(=O)NCCc3ccccc3)cn2)cn1. The van der Waals surface area contributed by atoms with E-state index in [4.69, 9.17) is 6.57 Å². The van der Waals surface area contributed by atoms with Crippen molar-refractivity contribution in [2.24, 2.45) is 0 Å². The smallest absolute Gasteiger partial charge is 0.326 e. The molecule has 3 rings (SSSR count). The molecule has 0 radical (unpaired) electrons. The highest BCUT2D eigenvalue weighted by molar-refractivity contribution is 5.77. The second kappa shape index (κ2) is 7.20. The maximum absolute atomic E-state index is 12.1. The number of imidazole rings is 1. The summed E-state index contributed by atoms with van der Waals surface area (Å²) in [5, 5.41) is 2.86. The van der Waals surface area contributed by atoms with Crippen molar-refractivity contribution in [3.8, 4) is 11.3 Å². The second-order valence-electron chi connectivity index (χ2n) is 5.15. The minimum absolute atomic E-state index is 0.226. The number of nitrogens with zero attached hydrogens (tertiary/aromatic N) is 4. The summed E-state index contributed by atoms with van der Waals surface area (Å²) in [4.78, 5) is 23.6. The fraction of sp³-hybridized carbons (Fsp3) is 0.111. The van der Waals surface area contributed by atoms with Gasteiger partial charge in [0.2, 0.25) is 0 Å². The van der Waals surface area contributed by atoms with Crippen molar-refractivity contribution in [3.05, 3.63) is 78.2 Å². The Morgan fingerprint density at radius 2 is 2.00 bits per heavy atom. The standard InChI is InChI=1S/C18H15N5O/c1-19-17-8-7-15(11-21-17)16-12-23(13-22-16)18(24)20-10-9-14-5-3-2-4-6-14/h2-8,11-13H,9-10H2,(H,20,24). The van der Waals surface area contributed by atoms with E-state index in [-0.39, 0.29) is 6.03 Å². The predicted octanol–water partition coefficient (Wildman–Crippen LogP) is 3.30. The third-order valence-electron chi connectivity index (χ3n) is 3.51. The maximum Gasteiger partial charge on any atom is 0.326 e. The number of carbonyl (C=O) groups excluding carboxylic acids is 1. The van der Waals surface area contributed by atoms with Crippen molar-refractivity contribution in [1.82, 2.24) is 19.9 Å². The van der Waals surface area contributed by atoms with Gasteiger partial charge in [0, 0.05) is 18.3 Å². The van der Waals surface area contributed by atoms with Crippen LogP contribution in [0.3, 0.4) is 0 Å². The largest absolute Gasteiger partial charge is 0.361 e. The van der Waals surface area contributed by atoms with E-state index in [0.717, 1.165) is 12.0 Å². The molecule has 0 fully saturated rings. The molecule has 0 spiro atoms. The molecule has 0 bridgehead atoms. The highest BCUT2D eigenvalue weighted by atomic mass is 16.2. The molecule has 0 aliphatic rings. The summed E-state index contributed by atoms with van der Waals surface area (Å²) in [6.45, 7) is 7.45. The molecule has 6 heteroatoms. The molecule has 3 aromatic rings. The normalized spacial score (nSPS) is 10.1. The van der Waals surface area contributed by atoms with E-state index in [9.17, 15) is 4.79 Å². The molecule has 24 heavy (non-hydrogen) atoms. The first-order valence-electron chi connectivity index (χ1n) is 7.46. The van der Waals surface area contributed by atoms with Crippen LogP contribution in [0.1, 0.15) is 5.56 Å². The van der Waals surface area contributed by atoms with Gasteiger partial charge in [-0.2, -0.15) is 0 Å². The lowest BCUT2D eigenvalue weighted by Gasteiger charge is -2.05. The van der Waals surface area contributed by atoms with Crippen LogP contribution in [0, 0.1) is 6.57 Å². The van der Waals surface area contributed by atoms with Gasteiger partial charge >= 0.3 is 6.03 Å². The number of aromatic nitrogens is 3. The van der Waals surface area contributed by atoms with Crippen molar-refractivity contribution < 1.29 is 4.79 Å². The maximum atomic E-state index is 12.1. The summed E-state index contributed by atoms with van der Waals surface area (Å²) < 4.78 is 1.41. The summed E-state index contributed by atoms with van der Waals surface area (Å²) in [7, 11) is 0. The van der Waals surface area contributed by atoms with E-state index in [0.29, 0.717) is 18.1 Å². The van der Waals surface area contributed by atoms with Gasteiger partial charge in [-0.1, -0.05) is 43.0 Å². The molecular weight excluding hydrogens is 302 g/mol. The molecule has 0 unspecified atom stereocenters. The van der Waals surface area contributed by atoms with Crippen LogP contribution in [-0.4, -0.2) is 27.1 Å². The molecule has 0 aliphatic carbocycles. The predicted molar refractivity (Wildman–Crippen MR) is 90.7 cm³/mol. The van der Waals surface area contributed by atoms with Crippen LogP contribution in [0.25, 0.3) is 16.1 Å². The van der Waals surface area contributed by atoms with Gasteiger partial charge < -0.3 is 10.2 Å². The average molecular weight is 317 g/mol. The fourth-order valence-corrected chi connectivity index (χ4v) is 2.24. The van der Waals surface area contributed by atoms with Crippen molar-refractivity contribution >= 4 is 11.8 Å². The summed E-state index contributed by atoms with van der Waals surface area (Å²) >= 11 is 0. The van der Waals surface area contributed by atoms with Crippen LogP contribution in [-0.2, 0) is 6.42 Å². The average Bonchev–Trinajstić information content (AvgIpc) is 3.13. The first kappa shape index (κ1) is 15.4. The first-order chi connectivity index (χ1) is 11.8. The molecule has 2 heterocycles.